The van der Waals surface area contributed by atoms with E-state index in [0.29, 0.717) is 17.3 Å². The van der Waals surface area contributed by atoms with Gasteiger partial charge in [0.25, 0.3) is 0 Å². The molecule has 2 aromatic carbocycles. The number of thioether (sulfide) groups is 1. The second-order valence-electron chi connectivity index (χ2n) is 7.99. The molecule has 174 valence electrons. The average molecular weight is 487 g/mol. The fourth-order valence-electron chi connectivity index (χ4n) is 2.97. The SMILES string of the molecule is Cc1ccc(Oc2ccc(S(=O)(=O)N[C@@H](C(=O)O)C(C)(C)SCc3ccccn3)cc2)cc1. The average Bonchev–Trinajstić information content (AvgIpc) is 2.79. The lowest BCUT2D eigenvalue weighted by Crippen LogP contribution is -2.52. The topological polar surface area (TPSA) is 106 Å². The summed E-state index contributed by atoms with van der Waals surface area (Å²) in [4.78, 5) is 16.2. The van der Waals surface area contributed by atoms with Gasteiger partial charge in [-0.2, -0.15) is 4.72 Å². The molecule has 0 bridgehead atoms. The van der Waals surface area contributed by atoms with Gasteiger partial charge in [-0.3, -0.25) is 9.78 Å². The molecule has 3 aromatic rings. The maximum Gasteiger partial charge on any atom is 0.323 e. The number of aromatic nitrogens is 1. The van der Waals surface area contributed by atoms with Crippen molar-refractivity contribution < 1.29 is 23.1 Å². The van der Waals surface area contributed by atoms with E-state index in [1.54, 1.807) is 26.1 Å². The molecular formula is C24H26N2O5S2. The molecule has 1 aromatic heterocycles. The first-order valence-electron chi connectivity index (χ1n) is 10.2. The molecule has 0 spiro atoms. The van der Waals surface area contributed by atoms with Crippen LogP contribution in [0.5, 0.6) is 11.5 Å². The van der Waals surface area contributed by atoms with E-state index < -0.39 is 26.8 Å². The van der Waals surface area contributed by atoms with Crippen LogP contribution in [0.15, 0.2) is 77.8 Å². The third kappa shape index (κ3) is 6.80. The Bertz CT molecular complexity index is 1180. The number of rotatable bonds is 10. The van der Waals surface area contributed by atoms with Crippen molar-refractivity contribution in [2.45, 2.75) is 42.2 Å². The number of pyridine rings is 1. The van der Waals surface area contributed by atoms with Gasteiger partial charge in [-0.15, -0.1) is 11.8 Å². The monoisotopic (exact) mass is 486 g/mol. The Morgan fingerprint density at radius 2 is 1.67 bits per heavy atom. The van der Waals surface area contributed by atoms with Crippen LogP contribution in [0.1, 0.15) is 25.1 Å². The molecule has 1 atom stereocenters. The number of ether oxygens (including phenoxy) is 1. The smallest absolute Gasteiger partial charge is 0.323 e. The van der Waals surface area contributed by atoms with Crippen LogP contribution in [0.4, 0.5) is 0 Å². The van der Waals surface area contributed by atoms with Crippen molar-refractivity contribution >= 4 is 27.8 Å². The molecular weight excluding hydrogens is 460 g/mol. The molecule has 0 fully saturated rings. The van der Waals surface area contributed by atoms with Crippen LogP contribution in [0.2, 0.25) is 0 Å². The molecule has 0 saturated carbocycles. The van der Waals surface area contributed by atoms with Crippen LogP contribution >= 0.6 is 11.8 Å². The van der Waals surface area contributed by atoms with Gasteiger partial charge in [0.2, 0.25) is 10.0 Å². The number of aliphatic carboxylic acids is 1. The normalized spacial score (nSPS) is 12.8. The number of carbonyl (C=O) groups is 1. The van der Waals surface area contributed by atoms with Crippen LogP contribution in [0.25, 0.3) is 0 Å². The highest BCUT2D eigenvalue weighted by molar-refractivity contribution is 8.00. The molecule has 33 heavy (non-hydrogen) atoms. The van der Waals surface area contributed by atoms with Crippen molar-refractivity contribution in [3.05, 3.63) is 84.2 Å². The van der Waals surface area contributed by atoms with Crippen LogP contribution in [-0.4, -0.2) is 35.3 Å². The summed E-state index contributed by atoms with van der Waals surface area (Å²) >= 11 is 1.32. The van der Waals surface area contributed by atoms with Gasteiger partial charge in [-0.25, -0.2) is 8.42 Å². The molecule has 0 aliphatic heterocycles. The number of nitrogens with zero attached hydrogens (tertiary/aromatic N) is 1. The quantitative estimate of drug-likeness (QED) is 0.430. The molecule has 2 N–H and O–H groups in total. The van der Waals surface area contributed by atoms with Crippen LogP contribution in [-0.2, 0) is 20.6 Å². The van der Waals surface area contributed by atoms with Gasteiger partial charge < -0.3 is 9.84 Å². The molecule has 0 radical (unpaired) electrons. The Morgan fingerprint density at radius 1 is 1.06 bits per heavy atom. The maximum atomic E-state index is 12.9. The summed E-state index contributed by atoms with van der Waals surface area (Å²) in [5.41, 5.74) is 1.88. The summed E-state index contributed by atoms with van der Waals surface area (Å²) in [7, 11) is -4.08. The minimum absolute atomic E-state index is 0.0458. The molecule has 0 aliphatic rings. The van der Waals surface area contributed by atoms with Crippen LogP contribution in [0, 0.1) is 6.92 Å². The Morgan fingerprint density at radius 3 is 2.21 bits per heavy atom. The van der Waals surface area contributed by atoms with E-state index in [-0.39, 0.29) is 4.90 Å². The predicted octanol–water partition coefficient (Wildman–Crippen LogP) is 4.63. The minimum Gasteiger partial charge on any atom is -0.480 e. The van der Waals surface area contributed by atoms with E-state index in [1.165, 1.54) is 36.0 Å². The number of carboxylic acids is 1. The summed E-state index contributed by atoms with van der Waals surface area (Å²) < 4.78 is 33.0. The van der Waals surface area contributed by atoms with Gasteiger partial charge in [-0.05, 0) is 69.3 Å². The molecule has 0 unspecified atom stereocenters. The minimum atomic E-state index is -4.08. The number of hydrogen-bond acceptors (Lipinski definition) is 6. The second-order valence-corrected chi connectivity index (χ2v) is 11.3. The third-order valence-corrected chi connectivity index (χ3v) is 7.78. The predicted molar refractivity (Wildman–Crippen MR) is 129 cm³/mol. The molecule has 0 saturated heterocycles. The lowest BCUT2D eigenvalue weighted by molar-refractivity contribution is -0.139. The van der Waals surface area contributed by atoms with Crippen molar-refractivity contribution in [2.75, 3.05) is 0 Å². The van der Waals surface area contributed by atoms with Crippen molar-refractivity contribution in [1.29, 1.82) is 0 Å². The largest absolute Gasteiger partial charge is 0.480 e. The fourth-order valence-corrected chi connectivity index (χ4v) is 5.40. The van der Waals surface area contributed by atoms with E-state index in [2.05, 4.69) is 9.71 Å². The van der Waals surface area contributed by atoms with Gasteiger partial charge in [0.15, 0.2) is 0 Å². The molecule has 0 aliphatic carbocycles. The maximum absolute atomic E-state index is 12.9. The van der Waals surface area contributed by atoms with Crippen molar-refractivity contribution in [3.63, 3.8) is 0 Å². The first-order chi connectivity index (χ1) is 15.6. The number of nitrogens with one attached hydrogen (secondary N) is 1. The lowest BCUT2D eigenvalue weighted by atomic mass is 10.1. The zero-order valence-electron chi connectivity index (χ0n) is 18.6. The Kier molecular flexibility index (Phi) is 7.78. The van der Waals surface area contributed by atoms with Crippen LogP contribution in [0.3, 0.4) is 0 Å². The third-order valence-electron chi connectivity index (χ3n) is 4.92. The zero-order valence-corrected chi connectivity index (χ0v) is 20.2. The number of aryl methyl sites for hydroxylation is 1. The van der Waals surface area contributed by atoms with E-state index in [0.717, 1.165) is 11.3 Å². The highest BCUT2D eigenvalue weighted by Crippen LogP contribution is 2.32. The van der Waals surface area contributed by atoms with Gasteiger partial charge in [0, 0.05) is 16.7 Å². The number of benzene rings is 2. The standard InChI is InChI=1S/C24H26N2O5S2/c1-17-7-9-19(10-8-17)31-20-11-13-21(14-12-20)33(29,30)26-22(23(27)28)24(2,3)32-16-18-6-4-5-15-25-18/h4-15,22,26H,16H2,1-3H3,(H,27,28)/t22-/m0/s1. The first kappa shape index (κ1) is 24.8. The van der Waals surface area contributed by atoms with E-state index in [4.69, 9.17) is 4.74 Å². The second kappa shape index (κ2) is 10.4. The highest BCUT2D eigenvalue weighted by Gasteiger charge is 2.39. The molecule has 1 heterocycles. The van der Waals surface area contributed by atoms with Crippen LogP contribution < -0.4 is 9.46 Å². The molecule has 9 heteroatoms. The Balaban J connectivity index is 1.71. The van der Waals surface area contributed by atoms with E-state index in [1.807, 2.05) is 43.3 Å². The van der Waals surface area contributed by atoms with Gasteiger partial charge in [0.1, 0.15) is 17.5 Å². The molecule has 3 rings (SSSR count). The lowest BCUT2D eigenvalue weighted by Gasteiger charge is -2.31. The molecule has 7 nitrogen and oxygen atoms in total. The Hall–Kier alpha value is -2.88. The summed E-state index contributed by atoms with van der Waals surface area (Å²) in [6, 6.07) is 17.4. The first-order valence-corrected chi connectivity index (χ1v) is 12.7. The van der Waals surface area contributed by atoms with Gasteiger partial charge >= 0.3 is 5.97 Å². The van der Waals surface area contributed by atoms with Crippen molar-refractivity contribution in [2.24, 2.45) is 0 Å². The van der Waals surface area contributed by atoms with Gasteiger partial charge in [0.05, 0.1) is 10.6 Å². The number of hydrogen-bond donors (Lipinski definition) is 2. The number of sulfonamides is 1. The Labute approximate surface area is 198 Å². The summed E-state index contributed by atoms with van der Waals surface area (Å²) in [5, 5.41) is 9.77. The molecule has 0 amide bonds. The zero-order chi connectivity index (χ0) is 24.1. The van der Waals surface area contributed by atoms with Gasteiger partial charge in [-0.1, -0.05) is 23.8 Å². The number of carboxylic acid groups (broad SMARTS) is 1. The summed E-state index contributed by atoms with van der Waals surface area (Å²) in [6.07, 6.45) is 1.66. The van der Waals surface area contributed by atoms with Crippen molar-refractivity contribution in [1.82, 2.24) is 9.71 Å². The highest BCUT2D eigenvalue weighted by atomic mass is 32.2. The summed E-state index contributed by atoms with van der Waals surface area (Å²) in [5.74, 6) is 0.298. The van der Waals surface area contributed by atoms with Crippen molar-refractivity contribution in [3.8, 4) is 11.5 Å². The van der Waals surface area contributed by atoms with E-state index >= 15 is 0 Å². The summed E-state index contributed by atoms with van der Waals surface area (Å²) in [6.45, 7) is 5.36. The fraction of sp³-hybridized carbons (Fsp3) is 0.250. The van der Waals surface area contributed by atoms with E-state index in [9.17, 15) is 18.3 Å².